The lowest BCUT2D eigenvalue weighted by molar-refractivity contribution is 0.104. The fourth-order valence-electron chi connectivity index (χ4n) is 2.06. The van der Waals surface area contributed by atoms with Crippen molar-refractivity contribution in [2.45, 2.75) is 6.92 Å². The number of rotatable bonds is 2. The normalized spacial score (nSPS) is 11.0. The van der Waals surface area contributed by atoms with Gasteiger partial charge >= 0.3 is 0 Å². The molecule has 0 aliphatic rings. The number of carbonyl (C=O) groups excluding carboxylic acids is 1. The van der Waals surface area contributed by atoms with Crippen molar-refractivity contribution in [1.29, 1.82) is 0 Å². The van der Waals surface area contributed by atoms with Crippen molar-refractivity contribution in [1.82, 2.24) is 4.98 Å². The molecule has 2 aromatic heterocycles. The number of aromatic amines is 1. The number of aryl methyl sites for hydroxylation is 1. The highest BCUT2D eigenvalue weighted by atomic mass is 35.5. The number of H-pyrrole nitrogens is 1. The Bertz CT molecular complexity index is 741. The first-order valence-corrected chi connectivity index (χ1v) is 6.78. The van der Waals surface area contributed by atoms with Crippen LogP contribution in [0.15, 0.2) is 35.8 Å². The van der Waals surface area contributed by atoms with Gasteiger partial charge in [0, 0.05) is 22.7 Å². The Balaban J connectivity index is 2.18. The number of nitrogens with one attached hydrogen (secondary N) is 1. The molecule has 0 unspecified atom stereocenters. The summed E-state index contributed by atoms with van der Waals surface area (Å²) in [5.41, 5.74) is 2.36. The molecule has 3 aromatic rings. The van der Waals surface area contributed by atoms with E-state index in [1.165, 1.54) is 0 Å². The third-order valence-electron chi connectivity index (χ3n) is 2.95. The maximum absolute atomic E-state index is 12.5. The standard InChI is InChI=1S/C14H10ClNOS/c1-8-7-18-14-12(8)10(6-16-14)13(17)9-4-2-3-5-11(9)15/h2-7,16H,1H3. The predicted octanol–water partition coefficient (Wildman–Crippen LogP) is 4.42. The summed E-state index contributed by atoms with van der Waals surface area (Å²) in [7, 11) is 0. The zero-order valence-corrected chi connectivity index (χ0v) is 11.2. The Hall–Kier alpha value is -1.58. The van der Waals surface area contributed by atoms with Gasteiger partial charge < -0.3 is 4.98 Å². The molecule has 0 atom stereocenters. The summed E-state index contributed by atoms with van der Waals surface area (Å²) in [5, 5.41) is 3.54. The number of aromatic nitrogens is 1. The molecule has 4 heteroatoms. The summed E-state index contributed by atoms with van der Waals surface area (Å²) in [6.45, 7) is 2.01. The van der Waals surface area contributed by atoms with Gasteiger partial charge in [-0.15, -0.1) is 11.3 Å². The molecule has 90 valence electrons. The molecule has 0 spiro atoms. The molecule has 18 heavy (non-hydrogen) atoms. The van der Waals surface area contributed by atoms with Gasteiger partial charge in [-0.1, -0.05) is 23.7 Å². The Morgan fingerprint density at radius 3 is 2.83 bits per heavy atom. The zero-order valence-electron chi connectivity index (χ0n) is 9.66. The van der Waals surface area contributed by atoms with E-state index in [2.05, 4.69) is 4.98 Å². The minimum absolute atomic E-state index is 0.0339. The largest absolute Gasteiger partial charge is 0.352 e. The summed E-state index contributed by atoms with van der Waals surface area (Å²) in [6, 6.07) is 7.13. The highest BCUT2D eigenvalue weighted by Crippen LogP contribution is 2.30. The number of hydrogen-bond donors (Lipinski definition) is 1. The van der Waals surface area contributed by atoms with E-state index in [0.29, 0.717) is 16.1 Å². The maximum Gasteiger partial charge on any atom is 0.196 e. The first-order chi connectivity index (χ1) is 8.68. The van der Waals surface area contributed by atoms with Crippen molar-refractivity contribution in [3.63, 3.8) is 0 Å². The molecule has 2 nitrogen and oxygen atoms in total. The third kappa shape index (κ3) is 1.67. The molecule has 2 heterocycles. The van der Waals surface area contributed by atoms with E-state index in [1.54, 1.807) is 29.7 Å². The number of halogens is 1. The summed E-state index contributed by atoms with van der Waals surface area (Å²) in [4.78, 5) is 16.7. The molecule has 0 radical (unpaired) electrons. The van der Waals surface area contributed by atoms with Crippen LogP contribution in [0, 0.1) is 6.92 Å². The van der Waals surface area contributed by atoms with Crippen LogP contribution in [-0.4, -0.2) is 10.8 Å². The number of carbonyl (C=O) groups is 1. The summed E-state index contributed by atoms with van der Waals surface area (Å²) >= 11 is 7.68. The zero-order chi connectivity index (χ0) is 12.7. The Labute approximate surface area is 113 Å². The van der Waals surface area contributed by atoms with Crippen LogP contribution in [0.5, 0.6) is 0 Å². The van der Waals surface area contributed by atoms with Crippen LogP contribution in [0.2, 0.25) is 5.02 Å². The first kappa shape index (κ1) is 11.5. The van der Waals surface area contributed by atoms with E-state index in [1.807, 2.05) is 24.4 Å². The van der Waals surface area contributed by atoms with E-state index in [9.17, 15) is 4.79 Å². The number of benzene rings is 1. The number of hydrogen-bond acceptors (Lipinski definition) is 2. The van der Waals surface area contributed by atoms with Crippen molar-refractivity contribution in [3.8, 4) is 0 Å². The molecule has 0 saturated heterocycles. The van der Waals surface area contributed by atoms with Gasteiger partial charge in [0.25, 0.3) is 0 Å². The quantitative estimate of drug-likeness (QED) is 0.690. The Morgan fingerprint density at radius 1 is 1.28 bits per heavy atom. The summed E-state index contributed by atoms with van der Waals surface area (Å²) in [5.74, 6) is -0.0339. The van der Waals surface area contributed by atoms with Crippen molar-refractivity contribution in [3.05, 3.63) is 57.6 Å². The first-order valence-electron chi connectivity index (χ1n) is 5.53. The smallest absolute Gasteiger partial charge is 0.196 e. The Morgan fingerprint density at radius 2 is 2.06 bits per heavy atom. The van der Waals surface area contributed by atoms with Crippen LogP contribution in [0.25, 0.3) is 10.2 Å². The highest BCUT2D eigenvalue weighted by molar-refractivity contribution is 7.17. The van der Waals surface area contributed by atoms with Crippen molar-refractivity contribution < 1.29 is 4.79 Å². The third-order valence-corrected chi connectivity index (χ3v) is 4.31. The monoisotopic (exact) mass is 275 g/mol. The average molecular weight is 276 g/mol. The van der Waals surface area contributed by atoms with Crippen LogP contribution in [0.3, 0.4) is 0 Å². The van der Waals surface area contributed by atoms with Crippen molar-refractivity contribution in [2.24, 2.45) is 0 Å². The van der Waals surface area contributed by atoms with E-state index in [0.717, 1.165) is 15.8 Å². The van der Waals surface area contributed by atoms with Gasteiger partial charge in [-0.25, -0.2) is 0 Å². The van der Waals surface area contributed by atoms with E-state index in [-0.39, 0.29) is 5.78 Å². The minimum atomic E-state index is -0.0339. The minimum Gasteiger partial charge on any atom is -0.352 e. The van der Waals surface area contributed by atoms with Crippen LogP contribution >= 0.6 is 22.9 Å². The fraction of sp³-hybridized carbons (Fsp3) is 0.0714. The topological polar surface area (TPSA) is 32.9 Å². The SMILES string of the molecule is Cc1csc2[nH]cc(C(=O)c3ccccc3Cl)c12. The van der Waals surface area contributed by atoms with Gasteiger partial charge in [0.2, 0.25) is 0 Å². The van der Waals surface area contributed by atoms with E-state index >= 15 is 0 Å². The second kappa shape index (κ2) is 4.26. The second-order valence-corrected chi connectivity index (χ2v) is 5.42. The van der Waals surface area contributed by atoms with Gasteiger partial charge in [-0.2, -0.15) is 0 Å². The van der Waals surface area contributed by atoms with Gasteiger partial charge in [-0.05, 0) is 30.0 Å². The lowest BCUT2D eigenvalue weighted by Crippen LogP contribution is -2.01. The molecular weight excluding hydrogens is 266 g/mol. The van der Waals surface area contributed by atoms with Gasteiger partial charge in [0.05, 0.1) is 5.02 Å². The molecule has 1 aromatic carbocycles. The van der Waals surface area contributed by atoms with Gasteiger partial charge in [0.1, 0.15) is 4.83 Å². The van der Waals surface area contributed by atoms with Crippen LogP contribution in [-0.2, 0) is 0 Å². The van der Waals surface area contributed by atoms with Crippen LogP contribution in [0.1, 0.15) is 21.5 Å². The van der Waals surface area contributed by atoms with Crippen molar-refractivity contribution in [2.75, 3.05) is 0 Å². The average Bonchev–Trinajstić information content (AvgIpc) is 2.93. The fourth-order valence-corrected chi connectivity index (χ4v) is 3.21. The van der Waals surface area contributed by atoms with Gasteiger partial charge in [0.15, 0.2) is 5.78 Å². The molecule has 0 aliphatic carbocycles. The number of thiophene rings is 1. The molecule has 3 rings (SSSR count). The van der Waals surface area contributed by atoms with Crippen molar-refractivity contribution >= 4 is 38.9 Å². The lowest BCUT2D eigenvalue weighted by Gasteiger charge is -2.01. The molecule has 0 amide bonds. The second-order valence-electron chi connectivity index (χ2n) is 4.13. The molecule has 0 bridgehead atoms. The van der Waals surface area contributed by atoms with Gasteiger partial charge in [-0.3, -0.25) is 4.79 Å². The highest BCUT2D eigenvalue weighted by Gasteiger charge is 2.18. The summed E-state index contributed by atoms with van der Waals surface area (Å²) < 4.78 is 0. The van der Waals surface area contributed by atoms with Crippen LogP contribution in [0.4, 0.5) is 0 Å². The summed E-state index contributed by atoms with van der Waals surface area (Å²) in [6.07, 6.45) is 1.76. The lowest BCUT2D eigenvalue weighted by atomic mass is 10.0. The van der Waals surface area contributed by atoms with E-state index < -0.39 is 0 Å². The van der Waals surface area contributed by atoms with Crippen LogP contribution < -0.4 is 0 Å². The molecule has 0 saturated carbocycles. The number of ketones is 1. The maximum atomic E-state index is 12.5. The molecular formula is C14H10ClNOS. The Kier molecular flexibility index (Phi) is 2.73. The molecule has 0 fully saturated rings. The molecule has 1 N–H and O–H groups in total. The number of fused-ring (bicyclic) bond motifs is 1. The van der Waals surface area contributed by atoms with E-state index in [4.69, 9.17) is 11.6 Å². The predicted molar refractivity (Wildman–Crippen MR) is 75.8 cm³/mol. The molecule has 0 aliphatic heterocycles.